The second-order valence-corrected chi connectivity index (χ2v) is 3.55. The number of carbonyl (C=O) groups is 1. The smallest absolute Gasteiger partial charge is 0.314 e. The molecule has 1 rings (SSSR count). The third kappa shape index (κ3) is 1.90. The van der Waals surface area contributed by atoms with E-state index in [1.807, 2.05) is 0 Å². The fraction of sp³-hybridized carbons (Fsp3) is 0.889. The highest BCUT2D eigenvalue weighted by Gasteiger charge is 2.32. The molecule has 12 heavy (non-hydrogen) atoms. The molecule has 0 saturated heterocycles. The molecule has 1 aliphatic rings. The SMILES string of the molecule is CCC1(NC(=O)NC)CCCC1. The fourth-order valence-corrected chi connectivity index (χ4v) is 1.92. The Bertz CT molecular complexity index is 162. The molecule has 0 atom stereocenters. The van der Waals surface area contributed by atoms with Crippen molar-refractivity contribution >= 4 is 6.03 Å². The van der Waals surface area contributed by atoms with E-state index in [1.165, 1.54) is 12.8 Å². The summed E-state index contributed by atoms with van der Waals surface area (Å²) in [6, 6.07) is -0.0428. The lowest BCUT2D eigenvalue weighted by molar-refractivity contribution is 0.225. The molecule has 3 nitrogen and oxygen atoms in total. The third-order valence-electron chi connectivity index (χ3n) is 2.84. The number of nitrogens with one attached hydrogen (secondary N) is 2. The highest BCUT2D eigenvalue weighted by molar-refractivity contribution is 5.74. The van der Waals surface area contributed by atoms with E-state index in [1.54, 1.807) is 7.05 Å². The van der Waals surface area contributed by atoms with E-state index in [4.69, 9.17) is 0 Å². The molecule has 3 heteroatoms. The van der Waals surface area contributed by atoms with Crippen LogP contribution in [0.25, 0.3) is 0 Å². The Labute approximate surface area is 73.9 Å². The fourth-order valence-electron chi connectivity index (χ4n) is 1.92. The second kappa shape index (κ2) is 3.78. The molecule has 2 N–H and O–H groups in total. The third-order valence-corrected chi connectivity index (χ3v) is 2.84. The summed E-state index contributed by atoms with van der Waals surface area (Å²) >= 11 is 0. The molecule has 0 spiro atoms. The van der Waals surface area contributed by atoms with Gasteiger partial charge in [0.15, 0.2) is 0 Å². The van der Waals surface area contributed by atoms with Gasteiger partial charge in [-0.05, 0) is 19.3 Å². The van der Waals surface area contributed by atoms with Crippen LogP contribution in [-0.4, -0.2) is 18.6 Å². The maximum atomic E-state index is 11.1. The lowest BCUT2D eigenvalue weighted by Crippen LogP contribution is -2.49. The first-order valence-corrected chi connectivity index (χ1v) is 4.72. The molecule has 0 aromatic rings. The van der Waals surface area contributed by atoms with Crippen molar-refractivity contribution in [3.63, 3.8) is 0 Å². The number of carbonyl (C=O) groups excluding carboxylic acids is 1. The van der Waals surface area contributed by atoms with E-state index in [-0.39, 0.29) is 11.6 Å². The van der Waals surface area contributed by atoms with Crippen molar-refractivity contribution in [3.8, 4) is 0 Å². The van der Waals surface area contributed by atoms with E-state index < -0.39 is 0 Å². The van der Waals surface area contributed by atoms with Crippen molar-refractivity contribution < 1.29 is 4.79 Å². The topological polar surface area (TPSA) is 41.1 Å². The van der Waals surface area contributed by atoms with Gasteiger partial charge in [0.25, 0.3) is 0 Å². The van der Waals surface area contributed by atoms with Crippen LogP contribution in [0.2, 0.25) is 0 Å². The zero-order valence-corrected chi connectivity index (χ0v) is 7.94. The van der Waals surface area contributed by atoms with Gasteiger partial charge in [-0.1, -0.05) is 19.8 Å². The van der Waals surface area contributed by atoms with Crippen molar-refractivity contribution in [3.05, 3.63) is 0 Å². The summed E-state index contributed by atoms with van der Waals surface area (Å²) in [5.74, 6) is 0. The summed E-state index contributed by atoms with van der Waals surface area (Å²) in [4.78, 5) is 11.1. The molecule has 1 fully saturated rings. The van der Waals surface area contributed by atoms with E-state index in [9.17, 15) is 4.79 Å². The predicted octanol–water partition coefficient (Wildman–Crippen LogP) is 1.64. The minimum atomic E-state index is -0.0428. The summed E-state index contributed by atoms with van der Waals surface area (Å²) in [5, 5.41) is 5.64. The molecular formula is C9H18N2O. The van der Waals surface area contributed by atoms with Crippen LogP contribution in [0, 0.1) is 0 Å². The average Bonchev–Trinajstić information content (AvgIpc) is 2.54. The number of hydrogen-bond acceptors (Lipinski definition) is 1. The second-order valence-electron chi connectivity index (χ2n) is 3.55. The molecular weight excluding hydrogens is 152 g/mol. The maximum absolute atomic E-state index is 11.1. The van der Waals surface area contributed by atoms with E-state index in [0.29, 0.717) is 0 Å². The van der Waals surface area contributed by atoms with E-state index in [2.05, 4.69) is 17.6 Å². The van der Waals surface area contributed by atoms with Crippen molar-refractivity contribution in [1.82, 2.24) is 10.6 Å². The molecule has 2 amide bonds. The Kier molecular flexibility index (Phi) is 2.95. The summed E-state index contributed by atoms with van der Waals surface area (Å²) in [6.07, 6.45) is 5.81. The Morgan fingerprint density at radius 3 is 2.42 bits per heavy atom. The Balaban J connectivity index is 2.49. The number of urea groups is 1. The number of amides is 2. The van der Waals surface area contributed by atoms with Gasteiger partial charge in [-0.2, -0.15) is 0 Å². The molecule has 0 unspecified atom stereocenters. The van der Waals surface area contributed by atoms with Crippen molar-refractivity contribution in [2.45, 2.75) is 44.6 Å². The molecule has 0 bridgehead atoms. The van der Waals surface area contributed by atoms with Gasteiger partial charge in [-0.15, -0.1) is 0 Å². The zero-order valence-electron chi connectivity index (χ0n) is 7.94. The Morgan fingerprint density at radius 2 is 2.00 bits per heavy atom. The minimum absolute atomic E-state index is 0.0428. The highest BCUT2D eigenvalue weighted by atomic mass is 16.2. The van der Waals surface area contributed by atoms with Gasteiger partial charge in [0.2, 0.25) is 0 Å². The van der Waals surface area contributed by atoms with Gasteiger partial charge in [0, 0.05) is 12.6 Å². The molecule has 1 aliphatic carbocycles. The monoisotopic (exact) mass is 170 g/mol. The highest BCUT2D eigenvalue weighted by Crippen LogP contribution is 2.32. The normalized spacial score (nSPS) is 20.5. The van der Waals surface area contributed by atoms with E-state index in [0.717, 1.165) is 19.3 Å². The molecule has 1 saturated carbocycles. The summed E-state index contributed by atoms with van der Waals surface area (Å²) in [7, 11) is 1.66. The molecule has 70 valence electrons. The maximum Gasteiger partial charge on any atom is 0.314 e. The first kappa shape index (κ1) is 9.36. The van der Waals surface area contributed by atoms with Crippen molar-refractivity contribution in [2.75, 3.05) is 7.05 Å². The molecule has 0 radical (unpaired) electrons. The van der Waals surface area contributed by atoms with Crippen molar-refractivity contribution in [1.29, 1.82) is 0 Å². The Morgan fingerprint density at radius 1 is 1.42 bits per heavy atom. The van der Waals surface area contributed by atoms with Gasteiger partial charge in [-0.3, -0.25) is 0 Å². The van der Waals surface area contributed by atoms with Crippen LogP contribution in [-0.2, 0) is 0 Å². The van der Waals surface area contributed by atoms with Crippen molar-refractivity contribution in [2.24, 2.45) is 0 Å². The van der Waals surface area contributed by atoms with Gasteiger partial charge in [-0.25, -0.2) is 4.79 Å². The number of rotatable bonds is 2. The molecule has 0 aliphatic heterocycles. The molecule has 0 aromatic heterocycles. The van der Waals surface area contributed by atoms with Gasteiger partial charge < -0.3 is 10.6 Å². The predicted molar refractivity (Wildman–Crippen MR) is 49.1 cm³/mol. The zero-order chi connectivity index (χ0) is 9.03. The lowest BCUT2D eigenvalue weighted by atomic mass is 9.94. The van der Waals surface area contributed by atoms with Crippen LogP contribution >= 0.6 is 0 Å². The standard InChI is InChI=1S/C9H18N2O/c1-3-9(6-4-5-7-9)11-8(12)10-2/h3-7H2,1-2H3,(H2,10,11,12). The van der Waals surface area contributed by atoms with Crippen LogP contribution in [0.1, 0.15) is 39.0 Å². The molecule has 0 aromatic carbocycles. The molecule has 0 heterocycles. The van der Waals surface area contributed by atoms with Crippen LogP contribution in [0.3, 0.4) is 0 Å². The van der Waals surface area contributed by atoms with E-state index >= 15 is 0 Å². The first-order valence-electron chi connectivity index (χ1n) is 4.72. The largest absolute Gasteiger partial charge is 0.341 e. The van der Waals surface area contributed by atoms with Gasteiger partial charge in [0.1, 0.15) is 0 Å². The average molecular weight is 170 g/mol. The van der Waals surface area contributed by atoms with Crippen LogP contribution in [0.4, 0.5) is 4.79 Å². The minimum Gasteiger partial charge on any atom is -0.341 e. The first-order chi connectivity index (χ1) is 5.72. The Hall–Kier alpha value is -0.730. The van der Waals surface area contributed by atoms with Crippen LogP contribution < -0.4 is 10.6 Å². The number of hydrogen-bond donors (Lipinski definition) is 2. The lowest BCUT2D eigenvalue weighted by Gasteiger charge is -2.28. The summed E-state index contributed by atoms with van der Waals surface area (Å²) in [5.41, 5.74) is 0.0973. The quantitative estimate of drug-likeness (QED) is 0.650. The summed E-state index contributed by atoms with van der Waals surface area (Å²) < 4.78 is 0. The van der Waals surface area contributed by atoms with Crippen LogP contribution in [0.15, 0.2) is 0 Å². The van der Waals surface area contributed by atoms with Gasteiger partial charge >= 0.3 is 6.03 Å². The van der Waals surface area contributed by atoms with Crippen LogP contribution in [0.5, 0.6) is 0 Å². The van der Waals surface area contributed by atoms with Gasteiger partial charge in [0.05, 0.1) is 0 Å². The summed E-state index contributed by atoms with van der Waals surface area (Å²) in [6.45, 7) is 2.14.